The molecule has 0 radical (unpaired) electrons. The van der Waals surface area contributed by atoms with Crippen LogP contribution < -0.4 is 5.32 Å². The Balaban J connectivity index is 2.18. The number of H-pyrrole nitrogens is 1. The van der Waals surface area contributed by atoms with E-state index in [0.29, 0.717) is 5.92 Å². The summed E-state index contributed by atoms with van der Waals surface area (Å²) < 4.78 is 0. The molecule has 1 unspecified atom stereocenters. The largest absolute Gasteiger partial charge is 0.361 e. The van der Waals surface area contributed by atoms with Crippen LogP contribution in [0.1, 0.15) is 19.4 Å². The van der Waals surface area contributed by atoms with Gasteiger partial charge in [0.2, 0.25) is 6.41 Å². The van der Waals surface area contributed by atoms with Crippen LogP contribution >= 0.6 is 0 Å². The Bertz CT molecular complexity index is 569. The highest BCUT2D eigenvalue weighted by molar-refractivity contribution is 5.83. The topological polar surface area (TPSA) is 44.9 Å². The average molecular weight is 256 g/mol. The van der Waals surface area contributed by atoms with Crippen molar-refractivity contribution in [2.75, 3.05) is 0 Å². The van der Waals surface area contributed by atoms with Gasteiger partial charge in [-0.25, -0.2) is 0 Å². The number of fused-ring (bicyclic) bond motifs is 1. The highest BCUT2D eigenvalue weighted by Gasteiger charge is 2.09. The van der Waals surface area contributed by atoms with Crippen LogP contribution in [0.5, 0.6) is 0 Å². The first kappa shape index (κ1) is 13.4. The molecule has 19 heavy (non-hydrogen) atoms. The van der Waals surface area contributed by atoms with Crippen molar-refractivity contribution >= 4 is 17.3 Å². The van der Waals surface area contributed by atoms with E-state index in [1.807, 2.05) is 18.3 Å². The van der Waals surface area contributed by atoms with E-state index in [1.54, 1.807) is 0 Å². The number of rotatable bonds is 6. The molecule has 0 saturated carbocycles. The third-order valence-corrected chi connectivity index (χ3v) is 3.13. The van der Waals surface area contributed by atoms with Gasteiger partial charge in [-0.2, -0.15) is 0 Å². The summed E-state index contributed by atoms with van der Waals surface area (Å²) in [6.45, 7) is 4.25. The molecule has 0 aliphatic carbocycles. The Kier molecular flexibility index (Phi) is 4.39. The molecule has 3 nitrogen and oxygen atoms in total. The zero-order valence-electron chi connectivity index (χ0n) is 11.4. The van der Waals surface area contributed by atoms with Crippen LogP contribution in [0, 0.1) is 5.92 Å². The van der Waals surface area contributed by atoms with Crippen LogP contribution in [0.25, 0.3) is 10.9 Å². The Morgan fingerprint density at radius 2 is 2.05 bits per heavy atom. The van der Waals surface area contributed by atoms with E-state index in [-0.39, 0.29) is 6.04 Å². The van der Waals surface area contributed by atoms with Crippen molar-refractivity contribution in [2.45, 2.75) is 26.3 Å². The van der Waals surface area contributed by atoms with Crippen LogP contribution in [0.3, 0.4) is 0 Å². The van der Waals surface area contributed by atoms with Crippen molar-refractivity contribution in [1.29, 1.82) is 0 Å². The van der Waals surface area contributed by atoms with Crippen LogP contribution in [-0.2, 0) is 11.2 Å². The lowest BCUT2D eigenvalue weighted by Gasteiger charge is -2.11. The Morgan fingerprint density at radius 3 is 2.79 bits per heavy atom. The van der Waals surface area contributed by atoms with Gasteiger partial charge < -0.3 is 10.3 Å². The second kappa shape index (κ2) is 6.23. The molecule has 1 aromatic carbocycles. The molecule has 2 rings (SSSR count). The van der Waals surface area contributed by atoms with E-state index in [2.05, 4.69) is 48.4 Å². The van der Waals surface area contributed by atoms with Crippen molar-refractivity contribution < 1.29 is 4.79 Å². The zero-order valence-corrected chi connectivity index (χ0v) is 11.4. The smallest absolute Gasteiger partial charge is 0.207 e. The number of para-hydroxylation sites is 1. The fourth-order valence-corrected chi connectivity index (χ4v) is 2.16. The molecule has 0 aliphatic rings. The highest BCUT2D eigenvalue weighted by Crippen LogP contribution is 2.19. The fraction of sp³-hybridized carbons (Fsp3) is 0.312. The summed E-state index contributed by atoms with van der Waals surface area (Å²) >= 11 is 0. The quantitative estimate of drug-likeness (QED) is 0.605. The first-order valence-corrected chi connectivity index (χ1v) is 6.63. The average Bonchev–Trinajstić information content (AvgIpc) is 2.80. The molecule has 2 aromatic rings. The standard InChI is InChI=1S/C16H20N2O/c1-12(2)7-8-14(18-11-19)9-13-10-17-16-6-4-3-5-15(13)16/h3-8,10-12,14,17H,9H2,1-2H3,(H,18,19)/b8-7+. The molecule has 1 aromatic heterocycles. The van der Waals surface area contributed by atoms with Crippen molar-refractivity contribution in [3.63, 3.8) is 0 Å². The summed E-state index contributed by atoms with van der Waals surface area (Å²) in [7, 11) is 0. The first-order chi connectivity index (χ1) is 9.20. The fourth-order valence-electron chi connectivity index (χ4n) is 2.16. The third kappa shape index (κ3) is 3.47. The predicted octanol–water partition coefficient (Wildman–Crippen LogP) is 3.04. The maximum absolute atomic E-state index is 10.7. The van der Waals surface area contributed by atoms with Gasteiger partial charge in [-0.3, -0.25) is 4.79 Å². The number of allylic oxidation sites excluding steroid dienone is 1. The minimum Gasteiger partial charge on any atom is -0.361 e. The van der Waals surface area contributed by atoms with Crippen molar-refractivity contribution in [1.82, 2.24) is 10.3 Å². The normalized spacial score (nSPS) is 13.2. The van der Waals surface area contributed by atoms with Crippen molar-refractivity contribution in [2.24, 2.45) is 5.92 Å². The maximum Gasteiger partial charge on any atom is 0.207 e. The molecule has 2 N–H and O–H groups in total. The van der Waals surface area contributed by atoms with Gasteiger partial charge >= 0.3 is 0 Å². The van der Waals surface area contributed by atoms with Crippen LogP contribution in [-0.4, -0.2) is 17.4 Å². The summed E-state index contributed by atoms with van der Waals surface area (Å²) in [5.41, 5.74) is 2.36. The number of carbonyl (C=O) groups is 1. The summed E-state index contributed by atoms with van der Waals surface area (Å²) in [6.07, 6.45) is 7.78. The SMILES string of the molecule is CC(C)/C=C/C(Cc1c[nH]c2ccccc12)NC=O. The molecule has 0 bridgehead atoms. The third-order valence-electron chi connectivity index (χ3n) is 3.13. The van der Waals surface area contributed by atoms with Crippen molar-refractivity contribution in [3.05, 3.63) is 48.2 Å². The van der Waals surface area contributed by atoms with E-state index in [0.717, 1.165) is 18.3 Å². The highest BCUT2D eigenvalue weighted by atomic mass is 16.1. The lowest BCUT2D eigenvalue weighted by atomic mass is 10.0. The molecule has 0 aliphatic heterocycles. The van der Waals surface area contributed by atoms with Gasteiger partial charge in [0, 0.05) is 17.1 Å². The number of hydrogen-bond donors (Lipinski definition) is 2. The molecule has 1 atom stereocenters. The first-order valence-electron chi connectivity index (χ1n) is 6.63. The van der Waals surface area contributed by atoms with E-state index < -0.39 is 0 Å². The lowest BCUT2D eigenvalue weighted by Crippen LogP contribution is -2.27. The molecule has 1 heterocycles. The Labute approximate surface area is 113 Å². The van der Waals surface area contributed by atoms with Crippen LogP contribution in [0.4, 0.5) is 0 Å². The zero-order chi connectivity index (χ0) is 13.7. The van der Waals surface area contributed by atoms with Gasteiger partial charge in [0.1, 0.15) is 0 Å². The summed E-state index contributed by atoms with van der Waals surface area (Å²) in [6, 6.07) is 8.25. The van der Waals surface area contributed by atoms with Gasteiger partial charge in [-0.05, 0) is 24.0 Å². The number of carbonyl (C=O) groups excluding carboxylic acids is 1. The van der Waals surface area contributed by atoms with Gasteiger partial charge in [0.05, 0.1) is 6.04 Å². The predicted molar refractivity (Wildman–Crippen MR) is 79.0 cm³/mol. The Morgan fingerprint density at radius 1 is 1.26 bits per heavy atom. The number of aromatic amines is 1. The number of benzene rings is 1. The van der Waals surface area contributed by atoms with E-state index in [1.165, 1.54) is 10.9 Å². The van der Waals surface area contributed by atoms with Crippen LogP contribution in [0.2, 0.25) is 0 Å². The minimum atomic E-state index is 0.0408. The number of amides is 1. The maximum atomic E-state index is 10.7. The lowest BCUT2D eigenvalue weighted by molar-refractivity contribution is -0.109. The molecular formula is C16H20N2O. The molecule has 1 amide bonds. The number of nitrogens with one attached hydrogen (secondary N) is 2. The van der Waals surface area contributed by atoms with Gasteiger partial charge in [0.15, 0.2) is 0 Å². The number of aromatic nitrogens is 1. The van der Waals surface area contributed by atoms with Gasteiger partial charge in [-0.15, -0.1) is 0 Å². The van der Waals surface area contributed by atoms with Crippen molar-refractivity contribution in [3.8, 4) is 0 Å². The molecule has 100 valence electrons. The summed E-state index contributed by atoms with van der Waals surface area (Å²) in [5.74, 6) is 0.485. The molecule has 0 saturated heterocycles. The monoisotopic (exact) mass is 256 g/mol. The molecule has 0 fully saturated rings. The summed E-state index contributed by atoms with van der Waals surface area (Å²) in [4.78, 5) is 14.0. The second-order valence-electron chi connectivity index (χ2n) is 5.08. The minimum absolute atomic E-state index is 0.0408. The van der Waals surface area contributed by atoms with E-state index >= 15 is 0 Å². The van der Waals surface area contributed by atoms with E-state index in [4.69, 9.17) is 0 Å². The molecular weight excluding hydrogens is 236 g/mol. The van der Waals surface area contributed by atoms with Gasteiger partial charge in [0.25, 0.3) is 0 Å². The van der Waals surface area contributed by atoms with Gasteiger partial charge in [-0.1, -0.05) is 44.2 Å². The van der Waals surface area contributed by atoms with Crippen LogP contribution in [0.15, 0.2) is 42.6 Å². The van der Waals surface area contributed by atoms with E-state index in [9.17, 15) is 4.79 Å². The Hall–Kier alpha value is -2.03. The molecule has 3 heteroatoms. The number of hydrogen-bond acceptors (Lipinski definition) is 1. The molecule has 0 spiro atoms. The summed E-state index contributed by atoms with van der Waals surface area (Å²) in [5, 5.41) is 4.08. The second-order valence-corrected chi connectivity index (χ2v) is 5.08.